The highest BCUT2D eigenvalue weighted by Gasteiger charge is 2.26. The van der Waals surface area contributed by atoms with Gasteiger partial charge in [0.05, 0.1) is 0 Å². The zero-order valence-electron chi connectivity index (χ0n) is 31.7. The van der Waals surface area contributed by atoms with Gasteiger partial charge in [0.1, 0.15) is 0 Å². The Balaban J connectivity index is 1.78. The van der Waals surface area contributed by atoms with Crippen LogP contribution in [0.5, 0.6) is 0 Å². The molecule has 0 heterocycles. The van der Waals surface area contributed by atoms with Crippen LogP contribution in [-0.2, 0) is 0 Å². The van der Waals surface area contributed by atoms with E-state index in [1.165, 1.54) is 115 Å². The van der Waals surface area contributed by atoms with E-state index in [0.29, 0.717) is 17.8 Å². The topological polar surface area (TPSA) is 0 Å². The molecule has 0 aliphatic heterocycles. The molecule has 0 spiro atoms. The van der Waals surface area contributed by atoms with Gasteiger partial charge in [-0.3, -0.25) is 0 Å². The van der Waals surface area contributed by atoms with Crippen molar-refractivity contribution in [2.75, 3.05) is 0 Å². The first kappa shape index (κ1) is 33.1. The Morgan fingerprint density at radius 2 is 0.735 bits per heavy atom. The van der Waals surface area contributed by atoms with Crippen LogP contribution in [0.1, 0.15) is 109 Å². The molecule has 0 saturated carbocycles. The Bertz CT molecular complexity index is 2260. The number of benzene rings is 5. The molecule has 2 aliphatic carbocycles. The fourth-order valence-corrected chi connectivity index (χ4v) is 9.09. The normalized spacial score (nSPS) is 12.2. The predicted octanol–water partition coefficient (Wildman–Crippen LogP) is 14.4. The van der Waals surface area contributed by atoms with E-state index in [4.69, 9.17) is 0 Å². The van der Waals surface area contributed by atoms with E-state index in [1.807, 2.05) is 0 Å². The van der Waals surface area contributed by atoms with Crippen LogP contribution >= 0.6 is 0 Å². The maximum absolute atomic E-state index is 2.54. The molecular formula is C49H52. The molecule has 0 heteroatoms. The highest BCUT2D eigenvalue weighted by atomic mass is 14.3. The first-order valence-electron chi connectivity index (χ1n) is 18.4. The molecule has 0 atom stereocenters. The summed E-state index contributed by atoms with van der Waals surface area (Å²) in [6.07, 6.45) is 0. The third-order valence-electron chi connectivity index (χ3n) is 11.1. The molecule has 0 unspecified atom stereocenters. The minimum atomic E-state index is 0.402. The third kappa shape index (κ3) is 5.27. The zero-order chi connectivity index (χ0) is 35.0. The Kier molecular flexibility index (Phi) is 8.22. The fraction of sp³-hybridized carbons (Fsp3) is 0.306. The minimum absolute atomic E-state index is 0.402. The van der Waals surface area contributed by atoms with Gasteiger partial charge in [-0.05, 0) is 170 Å². The second-order valence-electron chi connectivity index (χ2n) is 15.9. The van der Waals surface area contributed by atoms with Crippen molar-refractivity contribution in [3.05, 3.63) is 139 Å². The molecule has 2 aliphatic rings. The number of hydrogen-bond donors (Lipinski definition) is 0. The largest absolute Gasteiger partial charge is 0.0610 e. The Labute approximate surface area is 294 Å². The molecule has 0 radical (unpaired) electrons. The summed E-state index contributed by atoms with van der Waals surface area (Å²) < 4.78 is 0. The molecule has 5 aromatic carbocycles. The molecule has 248 valence electrons. The average Bonchev–Trinajstić information content (AvgIpc) is 3.28. The fourth-order valence-electron chi connectivity index (χ4n) is 9.09. The summed E-state index contributed by atoms with van der Waals surface area (Å²) >= 11 is 0. The van der Waals surface area contributed by atoms with Gasteiger partial charge in [-0.15, -0.1) is 0 Å². The Morgan fingerprint density at radius 1 is 0.367 bits per heavy atom. The molecule has 0 nitrogen and oxygen atoms in total. The van der Waals surface area contributed by atoms with E-state index in [1.54, 1.807) is 0 Å². The summed E-state index contributed by atoms with van der Waals surface area (Å²) in [5.41, 5.74) is 20.5. The summed E-state index contributed by atoms with van der Waals surface area (Å²) in [6.45, 7) is 27.8. The second kappa shape index (κ2) is 12.2. The second-order valence-corrected chi connectivity index (χ2v) is 15.9. The van der Waals surface area contributed by atoms with Gasteiger partial charge in [-0.2, -0.15) is 0 Å². The first-order valence-corrected chi connectivity index (χ1v) is 18.4. The van der Waals surface area contributed by atoms with Crippen LogP contribution in [0.25, 0.3) is 54.9 Å². The summed E-state index contributed by atoms with van der Waals surface area (Å²) in [7, 11) is 0. The molecule has 5 aromatic rings. The first-order chi connectivity index (χ1) is 23.3. The average molecular weight is 641 g/mol. The Hall–Kier alpha value is -4.42. The molecule has 0 amide bonds. The van der Waals surface area contributed by atoms with Gasteiger partial charge < -0.3 is 0 Å². The molecule has 7 rings (SSSR count). The maximum atomic E-state index is 2.54. The van der Waals surface area contributed by atoms with Crippen molar-refractivity contribution in [2.24, 2.45) is 0 Å². The molecular weight excluding hydrogens is 589 g/mol. The lowest BCUT2D eigenvalue weighted by Gasteiger charge is -2.24. The van der Waals surface area contributed by atoms with Crippen LogP contribution < -0.4 is 0 Å². The van der Waals surface area contributed by atoms with Crippen LogP contribution in [0.4, 0.5) is 0 Å². The molecule has 0 saturated heterocycles. The van der Waals surface area contributed by atoms with Crippen molar-refractivity contribution in [3.8, 4) is 33.4 Å². The summed E-state index contributed by atoms with van der Waals surface area (Å²) in [6, 6.07) is 31.2. The van der Waals surface area contributed by atoms with Gasteiger partial charge in [-0.1, -0.05) is 125 Å². The highest BCUT2D eigenvalue weighted by Crippen LogP contribution is 2.48. The molecule has 0 bridgehead atoms. The lowest BCUT2D eigenvalue weighted by Crippen LogP contribution is -2.03. The van der Waals surface area contributed by atoms with Gasteiger partial charge in [-0.25, -0.2) is 0 Å². The van der Waals surface area contributed by atoms with E-state index in [2.05, 4.69) is 162 Å². The summed E-state index contributed by atoms with van der Waals surface area (Å²) in [5, 5.41) is 8.20. The van der Waals surface area contributed by atoms with Gasteiger partial charge in [0.15, 0.2) is 0 Å². The smallest absolute Gasteiger partial charge is 0.00137 e. The van der Waals surface area contributed by atoms with Crippen LogP contribution in [0.15, 0.2) is 78.9 Å². The van der Waals surface area contributed by atoms with Gasteiger partial charge in [0.25, 0.3) is 0 Å². The highest BCUT2D eigenvalue weighted by molar-refractivity contribution is 6.09. The van der Waals surface area contributed by atoms with Crippen LogP contribution in [0, 0.1) is 52.0 Å². The lowest BCUT2D eigenvalue weighted by atomic mass is 9.81. The van der Waals surface area contributed by atoms with E-state index in [0.717, 1.165) is 0 Å². The SMILES string of the molecule is Cc1cc(C)c(-c2cc(-c3c(C)cc(C)cc3C)c3cccc4c(-c5c(C(C)C)cc(C(C)C)cc5C(C)C)c5cccc2c5=c34)c(C)c1. The minimum Gasteiger partial charge on any atom is -0.0610 e. The molecule has 0 aromatic heterocycles. The summed E-state index contributed by atoms with van der Waals surface area (Å²) in [5.74, 6) is 1.28. The van der Waals surface area contributed by atoms with Crippen molar-refractivity contribution in [3.63, 3.8) is 0 Å². The predicted molar refractivity (Wildman–Crippen MR) is 215 cm³/mol. The van der Waals surface area contributed by atoms with E-state index >= 15 is 0 Å². The van der Waals surface area contributed by atoms with E-state index < -0.39 is 0 Å². The van der Waals surface area contributed by atoms with E-state index in [-0.39, 0.29) is 0 Å². The van der Waals surface area contributed by atoms with Crippen LogP contribution in [0.2, 0.25) is 0 Å². The number of rotatable bonds is 6. The standard InChI is InChI=1S/C49H52/c1-26(2)35-23-40(27(3)4)49(41(24-35)28(5)6)48-38-17-13-15-36-42(44-31(9)19-29(7)20-32(44)10)25-43(45-33(11)21-30(8)22-34(45)12)37-16-14-18-39(48)47(37)46(36)38/h13-28H,1-12H3. The number of aryl methyl sites for hydroxylation is 6. The monoisotopic (exact) mass is 640 g/mol. The van der Waals surface area contributed by atoms with Crippen molar-refractivity contribution in [1.82, 2.24) is 0 Å². The zero-order valence-corrected chi connectivity index (χ0v) is 31.7. The van der Waals surface area contributed by atoms with Crippen LogP contribution in [-0.4, -0.2) is 0 Å². The summed E-state index contributed by atoms with van der Waals surface area (Å²) in [4.78, 5) is 0. The van der Waals surface area contributed by atoms with Crippen molar-refractivity contribution < 1.29 is 0 Å². The molecule has 0 fully saturated rings. The maximum Gasteiger partial charge on any atom is -0.00137 e. The Morgan fingerprint density at radius 3 is 1.08 bits per heavy atom. The van der Waals surface area contributed by atoms with Crippen molar-refractivity contribution >= 4 is 21.5 Å². The van der Waals surface area contributed by atoms with Gasteiger partial charge in [0.2, 0.25) is 0 Å². The van der Waals surface area contributed by atoms with Crippen molar-refractivity contribution in [1.29, 1.82) is 0 Å². The van der Waals surface area contributed by atoms with E-state index in [9.17, 15) is 0 Å². The third-order valence-corrected chi connectivity index (χ3v) is 11.1. The van der Waals surface area contributed by atoms with Crippen LogP contribution in [0.3, 0.4) is 0 Å². The quantitative estimate of drug-likeness (QED) is 0.170. The van der Waals surface area contributed by atoms with Gasteiger partial charge >= 0.3 is 0 Å². The van der Waals surface area contributed by atoms with Gasteiger partial charge in [0, 0.05) is 0 Å². The molecule has 0 N–H and O–H groups in total. The molecule has 49 heavy (non-hydrogen) atoms. The lowest BCUT2D eigenvalue weighted by molar-refractivity contribution is 0.808. The van der Waals surface area contributed by atoms with Crippen molar-refractivity contribution in [2.45, 2.75) is 101 Å². The number of hydrogen-bond acceptors (Lipinski definition) is 0.